The Morgan fingerprint density at radius 1 is 1.26 bits per heavy atom. The van der Waals surface area contributed by atoms with Crippen molar-refractivity contribution in [2.75, 3.05) is 12.3 Å². The van der Waals surface area contributed by atoms with Crippen LogP contribution in [-0.2, 0) is 4.74 Å². The van der Waals surface area contributed by atoms with Gasteiger partial charge in [0, 0.05) is 0 Å². The third kappa shape index (κ3) is 1.75. The van der Waals surface area contributed by atoms with Crippen LogP contribution in [-0.4, -0.2) is 59.8 Å². The number of hydrogen-bond donors (Lipinski definition) is 4. The summed E-state index contributed by atoms with van der Waals surface area (Å²) in [6, 6.07) is 0. The van der Waals surface area contributed by atoms with Gasteiger partial charge in [-0.05, 0) is 0 Å². The van der Waals surface area contributed by atoms with Gasteiger partial charge in [-0.3, -0.25) is 4.57 Å². The first-order chi connectivity index (χ1) is 9.13. The van der Waals surface area contributed by atoms with Gasteiger partial charge in [0.2, 0.25) is 0 Å². The number of aliphatic hydroxyl groups is 3. The predicted octanol–water partition coefficient (Wildman–Crippen LogP) is -1.98. The van der Waals surface area contributed by atoms with E-state index in [1.54, 1.807) is 0 Å². The van der Waals surface area contributed by atoms with E-state index < -0.39 is 31.1 Å². The van der Waals surface area contributed by atoms with Crippen molar-refractivity contribution >= 4 is 17.0 Å². The van der Waals surface area contributed by atoms with Crippen LogP contribution in [0, 0.1) is 0 Å². The van der Waals surface area contributed by atoms with E-state index in [0.717, 1.165) is 0 Å². The minimum absolute atomic E-state index is 0.218. The maximum atomic E-state index is 9.95. The molecule has 2 aromatic heterocycles. The van der Waals surface area contributed by atoms with Gasteiger partial charge in [0.05, 0.1) is 12.9 Å². The van der Waals surface area contributed by atoms with Crippen LogP contribution < -0.4 is 5.73 Å². The number of aromatic nitrogens is 4. The summed E-state index contributed by atoms with van der Waals surface area (Å²) in [5, 5.41) is 28.7. The molecular weight excluding hydrogens is 256 g/mol. The van der Waals surface area contributed by atoms with Crippen molar-refractivity contribution in [3.8, 4) is 0 Å². The third-order valence-electron chi connectivity index (χ3n) is 3.18. The third-order valence-corrected chi connectivity index (χ3v) is 3.18. The van der Waals surface area contributed by atoms with Gasteiger partial charge in [0.1, 0.15) is 30.2 Å². The Bertz CT molecular complexity index is 603. The Labute approximate surface area is 107 Å². The van der Waals surface area contributed by atoms with Crippen molar-refractivity contribution in [3.63, 3.8) is 0 Å². The summed E-state index contributed by atoms with van der Waals surface area (Å²) in [7, 11) is 0. The van der Waals surface area contributed by atoms with Gasteiger partial charge in [-0.1, -0.05) is 0 Å². The van der Waals surface area contributed by atoms with Gasteiger partial charge < -0.3 is 25.8 Å². The summed E-state index contributed by atoms with van der Waals surface area (Å²) >= 11 is 0. The Hall–Kier alpha value is -1.81. The van der Waals surface area contributed by atoms with E-state index in [1.807, 2.05) is 0 Å². The lowest BCUT2D eigenvalue weighted by Crippen LogP contribution is -2.33. The van der Waals surface area contributed by atoms with Crippen molar-refractivity contribution in [3.05, 3.63) is 12.7 Å². The molecule has 1 aliphatic rings. The first kappa shape index (κ1) is 12.2. The summed E-state index contributed by atoms with van der Waals surface area (Å²) < 4.78 is 6.85. The first-order valence-electron chi connectivity index (χ1n) is 5.69. The molecule has 9 heteroatoms. The average molecular weight is 269 g/mol. The van der Waals surface area contributed by atoms with E-state index in [2.05, 4.69) is 15.0 Å². The minimum atomic E-state index is -1.19. The van der Waals surface area contributed by atoms with Gasteiger partial charge in [0.15, 0.2) is 17.7 Å². The molecule has 0 aliphatic carbocycles. The molecule has 3 heterocycles. The van der Waals surface area contributed by atoms with Gasteiger partial charge in [-0.25, -0.2) is 15.0 Å². The van der Waals surface area contributed by atoms with Gasteiger partial charge in [-0.15, -0.1) is 0 Å². The smallest absolute Gasteiger partial charge is 0.167 e. The molecule has 1 fully saturated rings. The highest BCUT2D eigenvalue weighted by molar-refractivity contribution is 5.81. The topological polar surface area (TPSA) is 140 Å². The molecule has 4 atom stereocenters. The van der Waals surface area contributed by atoms with E-state index in [9.17, 15) is 10.2 Å². The molecule has 102 valence electrons. The largest absolute Gasteiger partial charge is 0.394 e. The molecule has 0 bridgehead atoms. The highest BCUT2D eigenvalue weighted by atomic mass is 16.6. The molecule has 1 saturated heterocycles. The normalized spacial score (nSPS) is 31.1. The number of aliphatic hydroxyl groups excluding tert-OH is 3. The second-order valence-electron chi connectivity index (χ2n) is 4.31. The molecule has 0 aromatic carbocycles. The van der Waals surface area contributed by atoms with Crippen LogP contribution in [0.5, 0.6) is 0 Å². The second kappa shape index (κ2) is 4.38. The summed E-state index contributed by atoms with van der Waals surface area (Å²) in [5.74, 6) is 0.218. The Morgan fingerprint density at radius 3 is 2.74 bits per heavy atom. The summed E-state index contributed by atoms with van der Waals surface area (Å²) in [5.41, 5.74) is 6.44. The summed E-state index contributed by atoms with van der Waals surface area (Å²) in [4.78, 5) is 11.9. The molecule has 0 amide bonds. The van der Waals surface area contributed by atoms with E-state index >= 15 is 0 Å². The number of ether oxygens (including phenoxy) is 1. The molecule has 9 nitrogen and oxygen atoms in total. The van der Waals surface area contributed by atoms with E-state index in [0.29, 0.717) is 11.2 Å². The number of hydrogen-bond acceptors (Lipinski definition) is 8. The highest BCUT2D eigenvalue weighted by Crippen LogP contribution is 2.31. The highest BCUT2D eigenvalue weighted by Gasteiger charge is 2.43. The summed E-state index contributed by atoms with van der Waals surface area (Å²) in [6.45, 7) is -0.390. The van der Waals surface area contributed by atoms with Crippen molar-refractivity contribution in [1.29, 1.82) is 0 Å². The molecule has 0 unspecified atom stereocenters. The van der Waals surface area contributed by atoms with Crippen molar-refractivity contribution in [2.45, 2.75) is 24.5 Å². The first-order valence-corrected chi connectivity index (χ1v) is 5.69. The molecule has 0 saturated carbocycles. The van der Waals surface area contributed by atoms with Crippen LogP contribution in [0.15, 0.2) is 12.7 Å². The predicted molar refractivity (Wildman–Crippen MR) is 62.7 cm³/mol. The number of fused-ring (bicyclic) bond motifs is 1. The molecule has 3 rings (SSSR count). The molecular formula is C10H13N5O4. The second-order valence-corrected chi connectivity index (χ2v) is 4.31. The number of rotatable bonds is 2. The van der Waals surface area contributed by atoms with Gasteiger partial charge in [-0.2, -0.15) is 0 Å². The maximum Gasteiger partial charge on any atom is 0.167 e. The molecule has 19 heavy (non-hydrogen) atoms. The monoisotopic (exact) mass is 269 g/mol. The zero-order valence-corrected chi connectivity index (χ0v) is 9.79. The average Bonchev–Trinajstić information content (AvgIpc) is 2.94. The lowest BCUT2D eigenvalue weighted by Gasteiger charge is -2.16. The Balaban J connectivity index is 2.04. The van der Waals surface area contributed by atoms with E-state index in [4.69, 9.17) is 15.6 Å². The fourth-order valence-electron chi connectivity index (χ4n) is 2.17. The quantitative estimate of drug-likeness (QED) is 0.460. The van der Waals surface area contributed by atoms with Crippen LogP contribution in [0.3, 0.4) is 0 Å². The minimum Gasteiger partial charge on any atom is -0.394 e. The zero-order chi connectivity index (χ0) is 13.6. The summed E-state index contributed by atoms with van der Waals surface area (Å²) in [6.07, 6.45) is -1.42. The Kier molecular flexibility index (Phi) is 2.82. The molecule has 5 N–H and O–H groups in total. The van der Waals surface area contributed by atoms with E-state index in [-0.39, 0.29) is 5.82 Å². The van der Waals surface area contributed by atoms with Crippen molar-refractivity contribution in [2.24, 2.45) is 0 Å². The fourth-order valence-corrected chi connectivity index (χ4v) is 2.17. The number of nitrogens with two attached hydrogens (primary N) is 1. The van der Waals surface area contributed by atoms with Crippen LogP contribution in [0.2, 0.25) is 0 Å². The number of anilines is 1. The number of nitrogen functional groups attached to an aromatic ring is 1. The van der Waals surface area contributed by atoms with Crippen LogP contribution in [0.1, 0.15) is 6.23 Å². The SMILES string of the molecule is [15NH2]c1ncnc2c1[15n]cn2[C@@H]1O[C@H](CO)[C@@H](O)[C@H]1O. The van der Waals surface area contributed by atoms with Crippen LogP contribution in [0.25, 0.3) is 11.2 Å². The zero-order valence-electron chi connectivity index (χ0n) is 9.79. The molecule has 2 aromatic rings. The molecule has 1 aliphatic heterocycles. The number of imidazole rings is 1. The van der Waals surface area contributed by atoms with Crippen LogP contribution in [0.4, 0.5) is 5.82 Å². The van der Waals surface area contributed by atoms with Crippen molar-refractivity contribution < 1.29 is 20.1 Å². The Morgan fingerprint density at radius 2 is 2.05 bits per heavy atom. The lowest BCUT2D eigenvalue weighted by atomic mass is 10.1. The lowest BCUT2D eigenvalue weighted by molar-refractivity contribution is -0.0511. The molecule has 0 spiro atoms. The number of nitrogens with zero attached hydrogens (tertiary/aromatic N) is 4. The van der Waals surface area contributed by atoms with Crippen LogP contribution >= 0.6 is 0 Å². The van der Waals surface area contributed by atoms with E-state index in [1.165, 1.54) is 17.2 Å². The van der Waals surface area contributed by atoms with Gasteiger partial charge >= 0.3 is 0 Å². The standard InChI is InChI=1S/C10H13N5O4/c11-8-5-9(13-2-12-8)15(3-14-5)10-7(18)6(17)4(1-16)19-10/h2-4,6-7,10,16-18H,1H2,(H2,11,12,13)/t4-,6-,7-,10-/m1/s1/i11+1,14+1. The van der Waals surface area contributed by atoms with Crippen molar-refractivity contribution in [1.82, 2.24) is 19.5 Å². The molecule has 0 radical (unpaired) electrons. The maximum absolute atomic E-state index is 9.95. The fraction of sp³-hybridized carbons (Fsp3) is 0.500. The van der Waals surface area contributed by atoms with Gasteiger partial charge in [0.25, 0.3) is 0 Å².